The molecule has 1 fully saturated rings. The number of anilines is 1. The van der Waals surface area contributed by atoms with E-state index in [4.69, 9.17) is 0 Å². The molecule has 2 unspecified atom stereocenters. The van der Waals surface area contributed by atoms with Gasteiger partial charge in [-0.1, -0.05) is 6.92 Å². The topological polar surface area (TPSA) is 46.2 Å². The van der Waals surface area contributed by atoms with Crippen molar-refractivity contribution in [2.45, 2.75) is 26.2 Å². The van der Waals surface area contributed by atoms with Gasteiger partial charge in [-0.15, -0.1) is 0 Å². The van der Waals surface area contributed by atoms with Crippen LogP contribution >= 0.6 is 0 Å². The summed E-state index contributed by atoms with van der Waals surface area (Å²) in [7, 11) is 0. The first kappa shape index (κ1) is 11.4. The molecule has 94 valence electrons. The first-order valence-corrected chi connectivity index (χ1v) is 6.22. The molecule has 3 nitrogen and oxygen atoms in total. The van der Waals surface area contributed by atoms with Crippen molar-refractivity contribution in [1.82, 2.24) is 0 Å². The maximum absolute atomic E-state index is 13.9. The molecule has 1 saturated carbocycles. The van der Waals surface area contributed by atoms with Gasteiger partial charge in [0.25, 0.3) is 0 Å². The van der Waals surface area contributed by atoms with E-state index in [-0.39, 0.29) is 23.2 Å². The van der Waals surface area contributed by atoms with Crippen LogP contribution in [0.2, 0.25) is 0 Å². The van der Waals surface area contributed by atoms with E-state index >= 15 is 0 Å². The third kappa shape index (κ3) is 1.82. The number of hydrogen-bond donors (Lipinski definition) is 1. The minimum atomic E-state index is -0.528. The maximum atomic E-state index is 13.9. The molecule has 0 spiro atoms. The lowest BCUT2D eigenvalue weighted by atomic mass is 9.96. The van der Waals surface area contributed by atoms with Crippen molar-refractivity contribution in [3.8, 4) is 0 Å². The predicted molar refractivity (Wildman–Crippen MR) is 65.0 cm³/mol. The summed E-state index contributed by atoms with van der Waals surface area (Å²) in [6.45, 7) is 2.00. The minimum absolute atomic E-state index is 0.0178. The fourth-order valence-electron chi connectivity index (χ4n) is 2.48. The Labute approximate surface area is 104 Å². The Bertz CT molecular complexity index is 553. The van der Waals surface area contributed by atoms with Crippen molar-refractivity contribution >= 4 is 17.4 Å². The van der Waals surface area contributed by atoms with Crippen LogP contribution in [0.4, 0.5) is 10.1 Å². The second-order valence-corrected chi connectivity index (χ2v) is 5.22. The van der Waals surface area contributed by atoms with Crippen molar-refractivity contribution in [3.05, 3.63) is 29.1 Å². The molecule has 1 aromatic rings. The Kier molecular flexibility index (Phi) is 2.47. The molecule has 3 rings (SSSR count). The number of fused-ring (bicyclic) bond motifs is 1. The molecule has 18 heavy (non-hydrogen) atoms. The molecule has 2 atom stereocenters. The summed E-state index contributed by atoms with van der Waals surface area (Å²) in [5.41, 5.74) is 1.54. The first-order valence-electron chi connectivity index (χ1n) is 6.22. The fraction of sp³-hybridized carbons (Fsp3) is 0.429. The van der Waals surface area contributed by atoms with Gasteiger partial charge in [-0.2, -0.15) is 0 Å². The number of ketones is 1. The van der Waals surface area contributed by atoms with E-state index in [9.17, 15) is 14.0 Å². The van der Waals surface area contributed by atoms with Crippen LogP contribution in [-0.4, -0.2) is 11.7 Å². The average Bonchev–Trinajstić information content (AvgIpc) is 3.04. The van der Waals surface area contributed by atoms with Crippen molar-refractivity contribution < 1.29 is 14.0 Å². The molecular weight excluding hydrogens is 233 g/mol. The number of nitrogens with one attached hydrogen (secondary N) is 1. The number of Topliss-reactive ketones (excluding diaryl/α,β-unsaturated/α-hetero) is 1. The van der Waals surface area contributed by atoms with Crippen molar-refractivity contribution in [2.75, 3.05) is 5.32 Å². The number of carbonyl (C=O) groups is 2. The molecule has 0 aromatic heterocycles. The lowest BCUT2D eigenvalue weighted by molar-refractivity contribution is -0.116. The standard InChI is InChI=1S/C14H14FNO2/c1-7-4-9(7)14(18)10-5-8-2-3-13(17)16-12(8)6-11(10)15/h5-7,9H,2-4H2,1H3,(H,16,17). The van der Waals surface area contributed by atoms with E-state index in [0.29, 0.717) is 24.4 Å². The van der Waals surface area contributed by atoms with Crippen molar-refractivity contribution in [2.24, 2.45) is 11.8 Å². The number of amides is 1. The fourth-order valence-corrected chi connectivity index (χ4v) is 2.48. The predicted octanol–water partition coefficient (Wildman–Crippen LogP) is 2.55. The van der Waals surface area contributed by atoms with E-state index in [1.807, 2.05) is 6.92 Å². The van der Waals surface area contributed by atoms with Crippen LogP contribution < -0.4 is 5.32 Å². The summed E-state index contributed by atoms with van der Waals surface area (Å²) in [6.07, 6.45) is 1.82. The largest absolute Gasteiger partial charge is 0.326 e. The molecule has 0 radical (unpaired) electrons. The molecule has 1 aliphatic heterocycles. The smallest absolute Gasteiger partial charge is 0.224 e. The summed E-state index contributed by atoms with van der Waals surface area (Å²) in [6, 6.07) is 2.88. The van der Waals surface area contributed by atoms with Gasteiger partial charge < -0.3 is 5.32 Å². The molecule has 2 aliphatic rings. The Morgan fingerprint density at radius 3 is 2.78 bits per heavy atom. The highest BCUT2D eigenvalue weighted by Gasteiger charge is 2.40. The number of carbonyl (C=O) groups excluding carboxylic acids is 2. The Morgan fingerprint density at radius 2 is 2.11 bits per heavy atom. The molecular formula is C14H14FNO2. The summed E-state index contributed by atoms with van der Waals surface area (Å²) in [5, 5.41) is 2.63. The van der Waals surface area contributed by atoms with Gasteiger partial charge in [0.05, 0.1) is 5.56 Å². The second kappa shape index (κ2) is 3.90. The van der Waals surface area contributed by atoms with Crippen LogP contribution in [0.1, 0.15) is 35.7 Å². The quantitative estimate of drug-likeness (QED) is 0.816. The van der Waals surface area contributed by atoms with E-state index in [1.54, 1.807) is 6.07 Å². The van der Waals surface area contributed by atoms with E-state index in [1.165, 1.54) is 6.07 Å². The van der Waals surface area contributed by atoms with E-state index in [0.717, 1.165) is 12.0 Å². The summed E-state index contributed by atoms with van der Waals surface area (Å²) >= 11 is 0. The van der Waals surface area contributed by atoms with Gasteiger partial charge in [-0.05, 0) is 36.5 Å². The molecule has 1 heterocycles. The normalized spacial score (nSPS) is 25.3. The molecule has 1 aromatic carbocycles. The third-order valence-electron chi connectivity index (χ3n) is 3.80. The number of hydrogen-bond acceptors (Lipinski definition) is 2. The van der Waals surface area contributed by atoms with Gasteiger partial charge >= 0.3 is 0 Å². The number of halogens is 1. The maximum Gasteiger partial charge on any atom is 0.224 e. The highest BCUT2D eigenvalue weighted by Crippen LogP contribution is 2.41. The summed E-state index contributed by atoms with van der Waals surface area (Å²) in [4.78, 5) is 23.3. The Hall–Kier alpha value is -1.71. The highest BCUT2D eigenvalue weighted by atomic mass is 19.1. The zero-order valence-corrected chi connectivity index (χ0v) is 10.1. The van der Waals surface area contributed by atoms with Crippen LogP contribution in [0.3, 0.4) is 0 Å². The van der Waals surface area contributed by atoms with Crippen LogP contribution in [0.25, 0.3) is 0 Å². The van der Waals surface area contributed by atoms with Gasteiger partial charge in [-0.25, -0.2) is 4.39 Å². The van der Waals surface area contributed by atoms with Gasteiger partial charge in [-0.3, -0.25) is 9.59 Å². The monoisotopic (exact) mass is 247 g/mol. The Balaban J connectivity index is 1.96. The molecule has 1 aliphatic carbocycles. The minimum Gasteiger partial charge on any atom is -0.326 e. The number of benzene rings is 1. The Morgan fingerprint density at radius 1 is 1.39 bits per heavy atom. The molecule has 0 bridgehead atoms. The van der Waals surface area contributed by atoms with Gasteiger partial charge in [0.2, 0.25) is 5.91 Å². The SMILES string of the molecule is CC1CC1C(=O)c1cc2c(cc1F)NC(=O)CC2. The van der Waals surface area contributed by atoms with Gasteiger partial charge in [0.1, 0.15) is 5.82 Å². The van der Waals surface area contributed by atoms with Gasteiger partial charge in [0, 0.05) is 18.0 Å². The highest BCUT2D eigenvalue weighted by molar-refractivity contribution is 6.01. The van der Waals surface area contributed by atoms with Crippen LogP contribution in [0.15, 0.2) is 12.1 Å². The second-order valence-electron chi connectivity index (χ2n) is 5.22. The van der Waals surface area contributed by atoms with Crippen LogP contribution in [0.5, 0.6) is 0 Å². The molecule has 0 saturated heterocycles. The average molecular weight is 247 g/mol. The lowest BCUT2D eigenvalue weighted by Crippen LogP contribution is -2.20. The van der Waals surface area contributed by atoms with E-state index < -0.39 is 5.82 Å². The summed E-state index contributed by atoms with van der Waals surface area (Å²) < 4.78 is 13.9. The third-order valence-corrected chi connectivity index (χ3v) is 3.80. The first-order chi connectivity index (χ1) is 8.56. The molecule has 1 amide bonds. The van der Waals surface area contributed by atoms with Crippen molar-refractivity contribution in [1.29, 1.82) is 0 Å². The van der Waals surface area contributed by atoms with E-state index in [2.05, 4.69) is 5.32 Å². The van der Waals surface area contributed by atoms with Crippen LogP contribution in [-0.2, 0) is 11.2 Å². The van der Waals surface area contributed by atoms with Crippen molar-refractivity contribution in [3.63, 3.8) is 0 Å². The number of rotatable bonds is 2. The lowest BCUT2D eigenvalue weighted by Gasteiger charge is -2.18. The molecule has 1 N–H and O–H groups in total. The summed E-state index contributed by atoms with van der Waals surface area (Å²) in [5.74, 6) is -0.375. The van der Waals surface area contributed by atoms with Gasteiger partial charge in [0.15, 0.2) is 5.78 Å². The van der Waals surface area contributed by atoms with Crippen LogP contribution in [0, 0.1) is 17.7 Å². The zero-order valence-electron chi connectivity index (χ0n) is 10.1. The zero-order chi connectivity index (χ0) is 12.9. The number of aryl methyl sites for hydroxylation is 1. The molecule has 4 heteroatoms.